The molecule has 1 aliphatic heterocycles. The van der Waals surface area contributed by atoms with E-state index in [-0.39, 0.29) is 12.6 Å². The Bertz CT molecular complexity index is 466. The van der Waals surface area contributed by atoms with E-state index in [1.807, 2.05) is 19.2 Å². The van der Waals surface area contributed by atoms with Crippen LogP contribution in [-0.2, 0) is 10.8 Å². The Balaban J connectivity index is 2.08. The average molecular weight is 299 g/mol. The van der Waals surface area contributed by atoms with Crippen molar-refractivity contribution in [3.05, 3.63) is 18.2 Å². The summed E-state index contributed by atoms with van der Waals surface area (Å²) in [4.78, 5) is 0.729. The maximum absolute atomic E-state index is 12.4. The van der Waals surface area contributed by atoms with Crippen molar-refractivity contribution in [2.24, 2.45) is 0 Å². The lowest BCUT2D eigenvalue weighted by Crippen LogP contribution is -2.32. The lowest BCUT2D eigenvalue weighted by molar-refractivity contribution is 0.272. The molecule has 0 aromatic heterocycles. The Morgan fingerprint density at radius 3 is 2.80 bits per heavy atom. The van der Waals surface area contributed by atoms with Gasteiger partial charge in [0.25, 0.3) is 0 Å². The van der Waals surface area contributed by atoms with Crippen molar-refractivity contribution in [1.29, 1.82) is 0 Å². The van der Waals surface area contributed by atoms with Crippen LogP contribution in [-0.4, -0.2) is 48.0 Å². The molecule has 2 unspecified atom stereocenters. The first-order valence-electron chi connectivity index (χ1n) is 6.80. The summed E-state index contributed by atoms with van der Waals surface area (Å²) in [6, 6.07) is 5.46. The molecule has 1 aromatic rings. The Morgan fingerprint density at radius 1 is 1.35 bits per heavy atom. The van der Waals surface area contributed by atoms with Crippen LogP contribution in [0.15, 0.2) is 23.1 Å². The highest BCUT2D eigenvalue weighted by atomic mass is 32.2. The van der Waals surface area contributed by atoms with Gasteiger partial charge in [-0.2, -0.15) is 0 Å². The number of aliphatic hydroxyl groups excluding tert-OH is 1. The molecule has 2 atom stereocenters. The summed E-state index contributed by atoms with van der Waals surface area (Å²) in [6.45, 7) is 1.35. The third-order valence-corrected chi connectivity index (χ3v) is 4.71. The first-order chi connectivity index (χ1) is 9.74. The largest absolute Gasteiger partial charge is 0.490 e. The fraction of sp³-hybridized carbons (Fsp3) is 0.571. The molecule has 0 radical (unpaired) electrons. The van der Waals surface area contributed by atoms with Gasteiger partial charge in [-0.1, -0.05) is 0 Å². The summed E-state index contributed by atoms with van der Waals surface area (Å²) >= 11 is 0. The van der Waals surface area contributed by atoms with Crippen LogP contribution in [0.25, 0.3) is 0 Å². The number of rotatable bonds is 6. The molecule has 0 spiro atoms. The van der Waals surface area contributed by atoms with Gasteiger partial charge in [0.15, 0.2) is 11.5 Å². The van der Waals surface area contributed by atoms with Crippen molar-refractivity contribution >= 4 is 10.8 Å². The summed E-state index contributed by atoms with van der Waals surface area (Å²) in [5.41, 5.74) is 0. The van der Waals surface area contributed by atoms with E-state index < -0.39 is 10.8 Å². The molecule has 20 heavy (non-hydrogen) atoms. The van der Waals surface area contributed by atoms with Gasteiger partial charge in [-0.25, -0.2) is 0 Å². The number of aliphatic hydroxyl groups is 1. The number of fused-ring (bicyclic) bond motifs is 1. The van der Waals surface area contributed by atoms with E-state index in [2.05, 4.69) is 5.32 Å². The van der Waals surface area contributed by atoms with Gasteiger partial charge in [0.05, 0.1) is 24.0 Å². The predicted octanol–water partition coefficient (Wildman–Crippen LogP) is 0.926. The smallest absolute Gasteiger partial charge is 0.162 e. The number of hydrogen-bond acceptors (Lipinski definition) is 5. The van der Waals surface area contributed by atoms with Gasteiger partial charge in [-0.15, -0.1) is 0 Å². The first kappa shape index (κ1) is 15.3. The second-order valence-corrected chi connectivity index (χ2v) is 6.16. The van der Waals surface area contributed by atoms with Crippen molar-refractivity contribution in [3.8, 4) is 11.5 Å². The minimum atomic E-state index is -1.13. The Hall–Kier alpha value is -1.11. The maximum atomic E-state index is 12.4. The summed E-state index contributed by atoms with van der Waals surface area (Å²) in [7, 11) is 0.683. The molecule has 1 aliphatic rings. The van der Waals surface area contributed by atoms with Gasteiger partial charge in [-0.05, 0) is 25.6 Å². The molecule has 1 heterocycles. The highest BCUT2D eigenvalue weighted by Gasteiger charge is 2.16. The lowest BCUT2D eigenvalue weighted by Gasteiger charge is -2.15. The third kappa shape index (κ3) is 3.94. The highest BCUT2D eigenvalue weighted by molar-refractivity contribution is 7.85. The molecular formula is C14H21NO4S. The average Bonchev–Trinajstić information content (AvgIpc) is 2.71. The van der Waals surface area contributed by atoms with E-state index in [1.54, 1.807) is 6.07 Å². The molecule has 0 bridgehead atoms. The van der Waals surface area contributed by atoms with Crippen molar-refractivity contribution in [1.82, 2.24) is 5.32 Å². The van der Waals surface area contributed by atoms with Gasteiger partial charge in [0.2, 0.25) is 0 Å². The maximum Gasteiger partial charge on any atom is 0.162 e. The van der Waals surface area contributed by atoms with Crippen LogP contribution >= 0.6 is 0 Å². The Kier molecular flexibility index (Phi) is 5.82. The molecule has 0 aliphatic carbocycles. The number of benzene rings is 1. The van der Waals surface area contributed by atoms with Crippen LogP contribution in [0, 0.1) is 0 Å². The fourth-order valence-electron chi connectivity index (χ4n) is 2.03. The van der Waals surface area contributed by atoms with Gasteiger partial charge in [-0.3, -0.25) is 4.21 Å². The molecule has 6 heteroatoms. The molecule has 112 valence electrons. The lowest BCUT2D eigenvalue weighted by atomic mass is 10.2. The second-order valence-electron chi connectivity index (χ2n) is 4.67. The standard InChI is InChI=1S/C14H21NO4S/c1-15-11(5-6-16)10-20(17)12-3-4-13-14(9-12)19-8-2-7-18-13/h3-4,9,11,15-16H,2,5-8,10H2,1H3. The zero-order chi connectivity index (χ0) is 14.4. The van der Waals surface area contributed by atoms with Crippen LogP contribution in [0.3, 0.4) is 0 Å². The molecule has 0 amide bonds. The minimum absolute atomic E-state index is 0.0387. The molecule has 0 saturated heterocycles. The topological polar surface area (TPSA) is 67.8 Å². The summed E-state index contributed by atoms with van der Waals surface area (Å²) < 4.78 is 23.5. The van der Waals surface area contributed by atoms with Crippen LogP contribution < -0.4 is 14.8 Å². The highest BCUT2D eigenvalue weighted by Crippen LogP contribution is 2.31. The van der Waals surface area contributed by atoms with E-state index in [0.29, 0.717) is 36.9 Å². The Morgan fingerprint density at radius 2 is 2.10 bits per heavy atom. The monoisotopic (exact) mass is 299 g/mol. The zero-order valence-electron chi connectivity index (χ0n) is 11.6. The summed E-state index contributed by atoms with van der Waals surface area (Å²) in [5, 5.41) is 12.0. The molecule has 2 rings (SSSR count). The van der Waals surface area contributed by atoms with E-state index >= 15 is 0 Å². The summed E-state index contributed by atoms with van der Waals surface area (Å²) in [6.07, 6.45) is 1.44. The molecule has 5 nitrogen and oxygen atoms in total. The van der Waals surface area contributed by atoms with Crippen LogP contribution in [0.4, 0.5) is 0 Å². The zero-order valence-corrected chi connectivity index (χ0v) is 12.4. The minimum Gasteiger partial charge on any atom is -0.490 e. The fourth-order valence-corrected chi connectivity index (χ4v) is 3.38. The second kappa shape index (κ2) is 7.61. The number of nitrogens with one attached hydrogen (secondary N) is 1. The van der Waals surface area contributed by atoms with E-state index in [1.165, 1.54) is 0 Å². The van der Waals surface area contributed by atoms with Crippen molar-refractivity contribution < 1.29 is 18.8 Å². The third-order valence-electron chi connectivity index (χ3n) is 3.22. The van der Waals surface area contributed by atoms with Gasteiger partial charge < -0.3 is 19.9 Å². The molecule has 1 aromatic carbocycles. The number of ether oxygens (including phenoxy) is 2. The van der Waals surface area contributed by atoms with Gasteiger partial charge in [0, 0.05) is 35.8 Å². The number of hydrogen-bond donors (Lipinski definition) is 2. The van der Waals surface area contributed by atoms with Gasteiger partial charge >= 0.3 is 0 Å². The SMILES string of the molecule is CNC(CCO)CS(=O)c1ccc2c(c1)OCCCO2. The van der Waals surface area contributed by atoms with E-state index in [4.69, 9.17) is 14.6 Å². The van der Waals surface area contributed by atoms with Crippen molar-refractivity contribution in [2.45, 2.75) is 23.8 Å². The quantitative estimate of drug-likeness (QED) is 0.818. The molecule has 2 N–H and O–H groups in total. The van der Waals surface area contributed by atoms with E-state index in [9.17, 15) is 4.21 Å². The van der Waals surface area contributed by atoms with Crippen LogP contribution in [0.5, 0.6) is 11.5 Å². The molecular weight excluding hydrogens is 278 g/mol. The summed E-state index contributed by atoms with van der Waals surface area (Å²) in [5.74, 6) is 1.84. The van der Waals surface area contributed by atoms with Crippen molar-refractivity contribution in [3.63, 3.8) is 0 Å². The van der Waals surface area contributed by atoms with Gasteiger partial charge in [0.1, 0.15) is 0 Å². The molecule has 0 saturated carbocycles. The normalized spacial score (nSPS) is 17.3. The molecule has 0 fully saturated rings. The van der Waals surface area contributed by atoms with Crippen LogP contribution in [0.1, 0.15) is 12.8 Å². The predicted molar refractivity (Wildman–Crippen MR) is 77.9 cm³/mol. The Labute approximate surface area is 121 Å². The van der Waals surface area contributed by atoms with Crippen molar-refractivity contribution in [2.75, 3.05) is 32.6 Å². The van der Waals surface area contributed by atoms with Crippen LogP contribution in [0.2, 0.25) is 0 Å². The van der Waals surface area contributed by atoms with E-state index in [0.717, 1.165) is 11.3 Å². The first-order valence-corrected chi connectivity index (χ1v) is 8.12.